The van der Waals surface area contributed by atoms with Gasteiger partial charge in [0.15, 0.2) is 0 Å². The molecule has 2 aromatic rings. The summed E-state index contributed by atoms with van der Waals surface area (Å²) in [6.45, 7) is 4.15. The van der Waals surface area contributed by atoms with Crippen molar-refractivity contribution in [3.05, 3.63) is 34.3 Å². The third-order valence-corrected chi connectivity index (χ3v) is 4.26. The number of thiazole rings is 1. The standard InChI is InChI=1S/C13H18N4S/c1-10-16-11(8-18-10)4-6-17-9-14-7-13(17)12-3-2-5-15-12/h7-9,12,15H,2-6H2,1H3. The van der Waals surface area contributed by atoms with Gasteiger partial charge in [-0.05, 0) is 26.3 Å². The highest BCUT2D eigenvalue weighted by Crippen LogP contribution is 2.22. The number of hydrogen-bond acceptors (Lipinski definition) is 4. The Balaban J connectivity index is 1.67. The Kier molecular flexibility index (Phi) is 3.43. The number of rotatable bonds is 4. The van der Waals surface area contributed by atoms with Crippen molar-refractivity contribution in [3.63, 3.8) is 0 Å². The summed E-state index contributed by atoms with van der Waals surface area (Å²) in [6, 6.07) is 0.490. The molecule has 0 saturated carbocycles. The van der Waals surface area contributed by atoms with Crippen molar-refractivity contribution in [2.24, 2.45) is 0 Å². The van der Waals surface area contributed by atoms with Gasteiger partial charge in [-0.1, -0.05) is 0 Å². The van der Waals surface area contributed by atoms with Crippen molar-refractivity contribution >= 4 is 11.3 Å². The molecule has 0 aliphatic carbocycles. The molecule has 18 heavy (non-hydrogen) atoms. The van der Waals surface area contributed by atoms with Gasteiger partial charge in [0.25, 0.3) is 0 Å². The highest BCUT2D eigenvalue weighted by atomic mass is 32.1. The Morgan fingerprint density at radius 2 is 2.50 bits per heavy atom. The summed E-state index contributed by atoms with van der Waals surface area (Å²) in [5.41, 5.74) is 2.51. The Morgan fingerprint density at radius 3 is 3.22 bits per heavy atom. The number of imidazole rings is 1. The lowest BCUT2D eigenvalue weighted by atomic mass is 10.1. The molecule has 1 saturated heterocycles. The molecule has 1 fully saturated rings. The molecule has 5 heteroatoms. The van der Waals surface area contributed by atoms with Crippen LogP contribution in [0.4, 0.5) is 0 Å². The maximum atomic E-state index is 4.51. The zero-order valence-corrected chi connectivity index (χ0v) is 11.4. The van der Waals surface area contributed by atoms with Crippen LogP contribution >= 0.6 is 11.3 Å². The molecule has 0 aromatic carbocycles. The molecule has 1 N–H and O–H groups in total. The number of hydrogen-bond donors (Lipinski definition) is 1. The Hall–Kier alpha value is -1.20. The van der Waals surface area contributed by atoms with E-state index in [-0.39, 0.29) is 0 Å². The van der Waals surface area contributed by atoms with Crippen LogP contribution < -0.4 is 5.32 Å². The summed E-state index contributed by atoms with van der Waals surface area (Å²) in [5, 5.41) is 6.83. The molecule has 1 unspecified atom stereocenters. The highest BCUT2D eigenvalue weighted by Gasteiger charge is 2.19. The minimum absolute atomic E-state index is 0.490. The molecule has 0 bridgehead atoms. The van der Waals surface area contributed by atoms with Gasteiger partial charge in [0.2, 0.25) is 0 Å². The molecule has 0 amide bonds. The average molecular weight is 262 g/mol. The van der Waals surface area contributed by atoms with Crippen molar-refractivity contribution in [1.29, 1.82) is 0 Å². The fourth-order valence-electron chi connectivity index (χ4n) is 2.50. The summed E-state index contributed by atoms with van der Waals surface area (Å²) in [5.74, 6) is 0. The Bertz CT molecular complexity index is 511. The van der Waals surface area contributed by atoms with E-state index >= 15 is 0 Å². The topological polar surface area (TPSA) is 42.7 Å². The van der Waals surface area contributed by atoms with E-state index < -0.39 is 0 Å². The second-order valence-corrected chi connectivity index (χ2v) is 5.83. The zero-order chi connectivity index (χ0) is 12.4. The predicted molar refractivity (Wildman–Crippen MR) is 72.8 cm³/mol. The SMILES string of the molecule is Cc1nc(CCn2cncc2C2CCCN2)cs1. The molecule has 1 atom stereocenters. The van der Waals surface area contributed by atoms with E-state index in [2.05, 4.69) is 32.2 Å². The molecule has 0 radical (unpaired) electrons. The Morgan fingerprint density at radius 1 is 1.56 bits per heavy atom. The van der Waals surface area contributed by atoms with Crippen LogP contribution in [0.1, 0.15) is 35.3 Å². The van der Waals surface area contributed by atoms with E-state index in [1.165, 1.54) is 24.2 Å². The lowest BCUT2D eigenvalue weighted by molar-refractivity contribution is 0.561. The van der Waals surface area contributed by atoms with Crippen molar-refractivity contribution < 1.29 is 0 Å². The van der Waals surface area contributed by atoms with E-state index in [1.54, 1.807) is 11.3 Å². The molecule has 4 nitrogen and oxygen atoms in total. The van der Waals surface area contributed by atoms with Gasteiger partial charge in [-0.3, -0.25) is 0 Å². The molecule has 3 heterocycles. The van der Waals surface area contributed by atoms with Crippen LogP contribution in [0.2, 0.25) is 0 Å². The third kappa shape index (κ3) is 2.47. The second-order valence-electron chi connectivity index (χ2n) is 4.77. The zero-order valence-electron chi connectivity index (χ0n) is 10.6. The van der Waals surface area contributed by atoms with Crippen LogP contribution in [-0.2, 0) is 13.0 Å². The van der Waals surface area contributed by atoms with Crippen LogP contribution in [0.25, 0.3) is 0 Å². The summed E-state index contributed by atoms with van der Waals surface area (Å²) in [7, 11) is 0. The minimum atomic E-state index is 0.490. The van der Waals surface area contributed by atoms with Crippen molar-refractivity contribution in [1.82, 2.24) is 19.9 Å². The third-order valence-electron chi connectivity index (χ3n) is 3.44. The van der Waals surface area contributed by atoms with Crippen LogP contribution in [0.3, 0.4) is 0 Å². The van der Waals surface area contributed by atoms with Gasteiger partial charge in [0.1, 0.15) is 0 Å². The molecular formula is C13H18N4S. The molecule has 96 valence electrons. The van der Waals surface area contributed by atoms with Crippen molar-refractivity contribution in [3.8, 4) is 0 Å². The van der Waals surface area contributed by atoms with E-state index in [0.29, 0.717) is 6.04 Å². The first-order valence-electron chi connectivity index (χ1n) is 6.47. The van der Waals surface area contributed by atoms with E-state index in [9.17, 15) is 0 Å². The fourth-order valence-corrected chi connectivity index (χ4v) is 3.15. The monoisotopic (exact) mass is 262 g/mol. The largest absolute Gasteiger partial charge is 0.333 e. The summed E-state index contributed by atoms with van der Waals surface area (Å²) >= 11 is 1.72. The fraction of sp³-hybridized carbons (Fsp3) is 0.538. The molecule has 1 aliphatic heterocycles. The van der Waals surface area contributed by atoms with Crippen molar-refractivity contribution in [2.45, 2.75) is 38.8 Å². The van der Waals surface area contributed by atoms with Crippen LogP contribution in [0, 0.1) is 6.92 Å². The highest BCUT2D eigenvalue weighted by molar-refractivity contribution is 7.09. The van der Waals surface area contributed by atoms with Gasteiger partial charge in [-0.15, -0.1) is 11.3 Å². The molecule has 3 rings (SSSR count). The van der Waals surface area contributed by atoms with Crippen LogP contribution in [-0.4, -0.2) is 21.1 Å². The quantitative estimate of drug-likeness (QED) is 0.919. The normalized spacial score (nSPS) is 19.5. The lowest BCUT2D eigenvalue weighted by Crippen LogP contribution is -2.17. The van der Waals surface area contributed by atoms with Crippen LogP contribution in [0.5, 0.6) is 0 Å². The van der Waals surface area contributed by atoms with Gasteiger partial charge in [-0.25, -0.2) is 9.97 Å². The van der Waals surface area contributed by atoms with Gasteiger partial charge in [-0.2, -0.15) is 0 Å². The lowest BCUT2D eigenvalue weighted by Gasteiger charge is -2.13. The average Bonchev–Trinajstić information content (AvgIpc) is 3.07. The maximum absolute atomic E-state index is 4.51. The van der Waals surface area contributed by atoms with Gasteiger partial charge in [0, 0.05) is 30.6 Å². The second kappa shape index (κ2) is 5.20. The maximum Gasteiger partial charge on any atom is 0.0948 e. The minimum Gasteiger partial charge on any atom is -0.333 e. The summed E-state index contributed by atoms with van der Waals surface area (Å²) in [4.78, 5) is 8.80. The number of aryl methyl sites for hydroxylation is 3. The molecule has 0 spiro atoms. The number of nitrogens with zero attached hydrogens (tertiary/aromatic N) is 3. The molecular weight excluding hydrogens is 244 g/mol. The first-order valence-corrected chi connectivity index (χ1v) is 7.35. The van der Waals surface area contributed by atoms with E-state index in [0.717, 1.165) is 24.5 Å². The van der Waals surface area contributed by atoms with Gasteiger partial charge < -0.3 is 9.88 Å². The van der Waals surface area contributed by atoms with Gasteiger partial charge in [0.05, 0.1) is 22.7 Å². The van der Waals surface area contributed by atoms with Crippen molar-refractivity contribution in [2.75, 3.05) is 6.54 Å². The van der Waals surface area contributed by atoms with Gasteiger partial charge >= 0.3 is 0 Å². The smallest absolute Gasteiger partial charge is 0.0948 e. The summed E-state index contributed by atoms with van der Waals surface area (Å²) in [6.07, 6.45) is 7.41. The molecule has 2 aromatic heterocycles. The number of aromatic nitrogens is 3. The Labute approximate surface area is 111 Å². The molecule has 1 aliphatic rings. The first-order chi connectivity index (χ1) is 8.83. The summed E-state index contributed by atoms with van der Waals surface area (Å²) < 4.78 is 2.26. The van der Waals surface area contributed by atoms with E-state index in [1.807, 2.05) is 12.5 Å². The predicted octanol–water partition coefficient (Wildman–Crippen LogP) is 2.32. The van der Waals surface area contributed by atoms with E-state index in [4.69, 9.17) is 0 Å². The van der Waals surface area contributed by atoms with Crippen LogP contribution in [0.15, 0.2) is 17.9 Å². The first kappa shape index (κ1) is 11.9. The number of nitrogens with one attached hydrogen (secondary N) is 1.